The molecule has 0 rings (SSSR count). The van der Waals surface area contributed by atoms with Gasteiger partial charge in [-0.15, -0.1) is 0 Å². The molecule has 0 bridgehead atoms. The lowest BCUT2D eigenvalue weighted by Crippen LogP contribution is -2.28. The van der Waals surface area contributed by atoms with Crippen molar-refractivity contribution >= 4 is 28.6 Å². The smallest absolute Gasteiger partial charge is 0.317 e. The molecule has 6 heteroatoms. The summed E-state index contributed by atoms with van der Waals surface area (Å²) in [6, 6.07) is 0. The molecule has 0 saturated heterocycles. The fourth-order valence-corrected chi connectivity index (χ4v) is 2.90. The molecule has 0 aliphatic rings. The summed E-state index contributed by atoms with van der Waals surface area (Å²) in [5.74, 6) is -0.367. The first kappa shape index (κ1) is 19.1. The number of hydrogen-bond acceptors (Lipinski definition) is 4. The largest absolute Gasteiger partial charge is 0.520 e. The van der Waals surface area contributed by atoms with Gasteiger partial charge in [-0.25, -0.2) is 4.79 Å². The maximum absolute atomic E-state index is 11.5. The van der Waals surface area contributed by atoms with Gasteiger partial charge in [0.1, 0.15) is 0 Å². The molecule has 0 aliphatic carbocycles. The highest BCUT2D eigenvalue weighted by Gasteiger charge is 2.19. The van der Waals surface area contributed by atoms with Crippen molar-refractivity contribution in [2.75, 3.05) is 0 Å². The molecule has 0 aromatic carbocycles. The first-order valence-electron chi connectivity index (χ1n) is 7.11. The molecule has 0 spiro atoms. The van der Waals surface area contributed by atoms with E-state index in [0.29, 0.717) is 6.42 Å². The summed E-state index contributed by atoms with van der Waals surface area (Å²) >= 11 is 0. The van der Waals surface area contributed by atoms with Crippen molar-refractivity contribution in [3.63, 3.8) is 0 Å². The fraction of sp³-hybridized carbons (Fsp3) is 0.714. The highest BCUT2D eigenvalue weighted by molar-refractivity contribution is 6.71. The van der Waals surface area contributed by atoms with Crippen LogP contribution in [-0.4, -0.2) is 28.6 Å². The van der Waals surface area contributed by atoms with Gasteiger partial charge >= 0.3 is 5.97 Å². The van der Waals surface area contributed by atoms with Crippen LogP contribution in [-0.2, 0) is 18.4 Å². The molecular weight excluding hydrogens is 288 g/mol. The number of unbranched alkanes of at least 4 members (excludes halogenated alkanes) is 2. The van der Waals surface area contributed by atoms with E-state index in [1.165, 1.54) is 6.08 Å². The zero-order valence-electron chi connectivity index (χ0n) is 13.6. The van der Waals surface area contributed by atoms with Crippen LogP contribution in [0.4, 0.5) is 0 Å². The molecule has 0 aromatic rings. The van der Waals surface area contributed by atoms with Gasteiger partial charge in [-0.3, -0.25) is 4.79 Å². The van der Waals surface area contributed by atoms with Crippen LogP contribution in [0.25, 0.3) is 0 Å². The van der Waals surface area contributed by atoms with Gasteiger partial charge in [0.25, 0.3) is 5.97 Å². The Bertz CT molecular complexity index is 351. The molecule has 0 saturated carbocycles. The molecule has 0 amide bonds. The van der Waals surface area contributed by atoms with Crippen LogP contribution in [0.2, 0.25) is 39.3 Å². The van der Waals surface area contributed by atoms with Crippen molar-refractivity contribution in [3.8, 4) is 0 Å². The number of allylic oxidation sites excluding steroid dienone is 1. The SMILES string of the molecule is C[Si](C)(C)OC(=O)/C=C/CCCCC(=O)O[Si](C)(C)C. The van der Waals surface area contributed by atoms with Crippen molar-refractivity contribution < 1.29 is 18.4 Å². The quantitative estimate of drug-likeness (QED) is 0.387. The van der Waals surface area contributed by atoms with Gasteiger partial charge in [-0.2, -0.15) is 0 Å². The van der Waals surface area contributed by atoms with Crippen LogP contribution >= 0.6 is 0 Å². The van der Waals surface area contributed by atoms with Crippen LogP contribution in [0.5, 0.6) is 0 Å². The molecule has 0 N–H and O–H groups in total. The zero-order chi connectivity index (χ0) is 15.8. The van der Waals surface area contributed by atoms with Crippen LogP contribution in [0.1, 0.15) is 25.7 Å². The van der Waals surface area contributed by atoms with E-state index in [-0.39, 0.29) is 11.9 Å². The monoisotopic (exact) mass is 316 g/mol. The molecule has 0 aromatic heterocycles. The maximum atomic E-state index is 11.5. The van der Waals surface area contributed by atoms with Crippen molar-refractivity contribution in [1.29, 1.82) is 0 Å². The number of carbonyl (C=O) groups is 2. The molecule has 0 fully saturated rings. The third-order valence-corrected chi connectivity index (χ3v) is 3.74. The lowest BCUT2D eigenvalue weighted by atomic mass is 10.2. The van der Waals surface area contributed by atoms with E-state index in [9.17, 15) is 9.59 Å². The average Bonchev–Trinajstić information content (AvgIpc) is 2.17. The Balaban J connectivity index is 3.72. The second kappa shape index (κ2) is 8.41. The number of hydrogen-bond donors (Lipinski definition) is 0. The van der Waals surface area contributed by atoms with Crippen LogP contribution in [0.3, 0.4) is 0 Å². The summed E-state index contributed by atoms with van der Waals surface area (Å²) in [6.07, 6.45) is 6.19. The summed E-state index contributed by atoms with van der Waals surface area (Å²) < 4.78 is 10.6. The normalized spacial score (nSPS) is 12.5. The van der Waals surface area contributed by atoms with Gasteiger partial charge in [0.05, 0.1) is 0 Å². The molecule has 116 valence electrons. The third-order valence-electron chi connectivity index (χ3n) is 2.08. The Morgan fingerprint density at radius 3 is 1.95 bits per heavy atom. The molecule has 0 unspecified atom stereocenters. The van der Waals surface area contributed by atoms with Crippen molar-refractivity contribution in [1.82, 2.24) is 0 Å². The minimum absolute atomic E-state index is 0.105. The Kier molecular flexibility index (Phi) is 8.04. The van der Waals surface area contributed by atoms with Crippen LogP contribution < -0.4 is 0 Å². The molecular formula is C14H28O4Si2. The first-order valence-corrected chi connectivity index (χ1v) is 13.9. The molecule has 0 radical (unpaired) electrons. The van der Waals surface area contributed by atoms with Crippen LogP contribution in [0, 0.1) is 0 Å². The number of rotatable bonds is 8. The van der Waals surface area contributed by atoms with E-state index in [2.05, 4.69) is 0 Å². The van der Waals surface area contributed by atoms with E-state index in [1.807, 2.05) is 45.4 Å². The average molecular weight is 317 g/mol. The van der Waals surface area contributed by atoms with Crippen LogP contribution in [0.15, 0.2) is 12.2 Å². The third kappa shape index (κ3) is 13.5. The molecule has 0 aliphatic heterocycles. The summed E-state index contributed by atoms with van der Waals surface area (Å²) in [4.78, 5) is 22.9. The highest BCUT2D eigenvalue weighted by Crippen LogP contribution is 2.08. The molecule has 0 atom stereocenters. The Morgan fingerprint density at radius 1 is 0.900 bits per heavy atom. The lowest BCUT2D eigenvalue weighted by Gasteiger charge is -2.17. The van der Waals surface area contributed by atoms with Gasteiger partial charge < -0.3 is 8.85 Å². The number of carbonyl (C=O) groups excluding carboxylic acids is 2. The molecule has 0 heterocycles. The second-order valence-electron chi connectivity index (χ2n) is 6.77. The standard InChI is InChI=1S/C14H28O4Si2/c1-19(2,3)17-13(15)11-9-7-8-10-12-14(16)18-20(4,5)6/h9,11H,7-8,10,12H2,1-6H3/b11-9+. The van der Waals surface area contributed by atoms with E-state index in [1.54, 1.807) is 0 Å². The van der Waals surface area contributed by atoms with E-state index in [4.69, 9.17) is 8.85 Å². The topological polar surface area (TPSA) is 52.6 Å². The van der Waals surface area contributed by atoms with E-state index in [0.717, 1.165) is 19.3 Å². The van der Waals surface area contributed by atoms with Crippen molar-refractivity contribution in [2.24, 2.45) is 0 Å². The summed E-state index contributed by atoms with van der Waals surface area (Å²) in [5, 5.41) is 0. The fourth-order valence-electron chi connectivity index (χ4n) is 1.44. The van der Waals surface area contributed by atoms with Gasteiger partial charge in [0.2, 0.25) is 16.6 Å². The zero-order valence-corrected chi connectivity index (χ0v) is 15.6. The summed E-state index contributed by atoms with van der Waals surface area (Å²) in [6.45, 7) is 11.9. The van der Waals surface area contributed by atoms with Crippen molar-refractivity contribution in [3.05, 3.63) is 12.2 Å². The minimum atomic E-state index is -1.79. The molecule has 20 heavy (non-hydrogen) atoms. The Morgan fingerprint density at radius 2 is 1.45 bits per heavy atom. The van der Waals surface area contributed by atoms with Gasteiger partial charge in [-0.1, -0.05) is 6.08 Å². The van der Waals surface area contributed by atoms with E-state index >= 15 is 0 Å². The predicted octanol–water partition coefficient (Wildman–Crippen LogP) is 3.86. The molecule has 4 nitrogen and oxygen atoms in total. The minimum Gasteiger partial charge on any atom is -0.520 e. The Hall–Kier alpha value is -0.886. The summed E-state index contributed by atoms with van der Waals surface area (Å²) in [5.41, 5.74) is 0. The van der Waals surface area contributed by atoms with Crippen molar-refractivity contribution in [2.45, 2.75) is 65.0 Å². The maximum Gasteiger partial charge on any atom is 0.317 e. The van der Waals surface area contributed by atoms with E-state index < -0.39 is 16.6 Å². The van der Waals surface area contributed by atoms with Gasteiger partial charge in [0.15, 0.2) is 0 Å². The second-order valence-corrected chi connectivity index (χ2v) is 15.6. The van der Waals surface area contributed by atoms with Gasteiger partial charge in [-0.05, 0) is 58.5 Å². The highest BCUT2D eigenvalue weighted by atomic mass is 28.4. The Labute approximate surface area is 124 Å². The van der Waals surface area contributed by atoms with Gasteiger partial charge in [0, 0.05) is 12.5 Å². The lowest BCUT2D eigenvalue weighted by molar-refractivity contribution is -0.135. The summed E-state index contributed by atoms with van der Waals surface area (Å²) in [7, 11) is -3.55. The first-order chi connectivity index (χ1) is 8.99. The predicted molar refractivity (Wildman–Crippen MR) is 86.5 cm³/mol.